The lowest BCUT2D eigenvalue weighted by atomic mass is 10.2. The van der Waals surface area contributed by atoms with Gasteiger partial charge in [0.05, 0.1) is 18.9 Å². The number of para-hydroxylation sites is 1. The number of benzene rings is 3. The number of rotatable bonds is 9. The van der Waals surface area contributed by atoms with Gasteiger partial charge in [-0.05, 0) is 73.0 Å². The minimum Gasteiger partial charge on any atom is -0.493 e. The molecule has 0 radical (unpaired) electrons. The molecule has 0 unspecified atom stereocenters. The van der Waals surface area contributed by atoms with E-state index in [1.54, 1.807) is 48.7 Å². The first-order chi connectivity index (χ1) is 19.1. The number of carbonyl (C=O) groups excluding carboxylic acids is 1. The van der Waals surface area contributed by atoms with E-state index in [1.165, 1.54) is 7.11 Å². The van der Waals surface area contributed by atoms with E-state index in [1.807, 2.05) is 30.3 Å². The molecule has 1 aliphatic rings. The van der Waals surface area contributed by atoms with E-state index in [2.05, 4.69) is 35.7 Å². The number of nitrogens with one attached hydrogen (secondary N) is 2. The van der Waals surface area contributed by atoms with Crippen molar-refractivity contribution in [1.82, 2.24) is 15.0 Å². The first kappa shape index (κ1) is 25.9. The number of esters is 1. The van der Waals surface area contributed by atoms with Gasteiger partial charge < -0.3 is 19.7 Å². The van der Waals surface area contributed by atoms with Crippen LogP contribution in [0.4, 0.5) is 23.5 Å². The molecule has 1 saturated heterocycles. The number of ether oxygens (including phenoxy) is 2. The molecule has 0 amide bonds. The second kappa shape index (κ2) is 12.2. The van der Waals surface area contributed by atoms with Crippen molar-refractivity contribution in [2.75, 3.05) is 35.8 Å². The van der Waals surface area contributed by atoms with Crippen LogP contribution in [0.15, 0.2) is 77.9 Å². The van der Waals surface area contributed by atoms with E-state index in [0.717, 1.165) is 31.6 Å². The Hall–Kier alpha value is -4.70. The summed E-state index contributed by atoms with van der Waals surface area (Å²) in [6, 6.07) is 21.3. The van der Waals surface area contributed by atoms with Crippen LogP contribution < -0.4 is 25.1 Å². The van der Waals surface area contributed by atoms with Crippen molar-refractivity contribution in [1.29, 1.82) is 0 Å². The van der Waals surface area contributed by atoms with Gasteiger partial charge in [0.1, 0.15) is 0 Å². The average Bonchev–Trinajstić information content (AvgIpc) is 3.50. The zero-order valence-corrected chi connectivity index (χ0v) is 21.9. The second-order valence-electron chi connectivity index (χ2n) is 8.64. The normalized spacial score (nSPS) is 12.9. The van der Waals surface area contributed by atoms with Gasteiger partial charge in [-0.15, -0.1) is 0 Å². The molecular weight excluding hydrogens is 518 g/mol. The molecule has 11 heteroatoms. The van der Waals surface area contributed by atoms with Crippen LogP contribution >= 0.6 is 11.6 Å². The minimum atomic E-state index is -0.517. The number of hydrogen-bond acceptors (Lipinski definition) is 10. The Labute approximate surface area is 230 Å². The van der Waals surface area contributed by atoms with Gasteiger partial charge in [0.25, 0.3) is 0 Å². The lowest BCUT2D eigenvalue weighted by Crippen LogP contribution is -2.21. The summed E-state index contributed by atoms with van der Waals surface area (Å²) < 4.78 is 10.9. The van der Waals surface area contributed by atoms with E-state index in [9.17, 15) is 4.79 Å². The quantitative estimate of drug-likeness (QED) is 0.121. The summed E-state index contributed by atoms with van der Waals surface area (Å²) in [6.07, 6.45) is 3.79. The maximum Gasteiger partial charge on any atom is 0.343 e. The van der Waals surface area contributed by atoms with E-state index >= 15 is 0 Å². The lowest BCUT2D eigenvalue weighted by molar-refractivity contribution is 0.0729. The van der Waals surface area contributed by atoms with Gasteiger partial charge in [0, 0.05) is 23.8 Å². The highest BCUT2D eigenvalue weighted by Gasteiger charge is 2.18. The lowest BCUT2D eigenvalue weighted by Gasteiger charge is -2.16. The first-order valence-corrected chi connectivity index (χ1v) is 12.7. The highest BCUT2D eigenvalue weighted by atomic mass is 35.5. The molecule has 2 heterocycles. The van der Waals surface area contributed by atoms with Gasteiger partial charge in [-0.2, -0.15) is 20.1 Å². The molecule has 0 saturated carbocycles. The van der Waals surface area contributed by atoms with E-state index in [4.69, 9.17) is 21.1 Å². The third kappa shape index (κ3) is 6.79. The largest absolute Gasteiger partial charge is 0.493 e. The van der Waals surface area contributed by atoms with E-state index in [-0.39, 0.29) is 5.75 Å². The zero-order chi connectivity index (χ0) is 27.0. The van der Waals surface area contributed by atoms with Crippen molar-refractivity contribution < 1.29 is 14.3 Å². The van der Waals surface area contributed by atoms with Gasteiger partial charge in [0.2, 0.25) is 17.8 Å². The van der Waals surface area contributed by atoms with Gasteiger partial charge >= 0.3 is 5.97 Å². The van der Waals surface area contributed by atoms with Crippen LogP contribution in [0.1, 0.15) is 28.8 Å². The molecule has 1 aromatic heterocycles. The van der Waals surface area contributed by atoms with Crippen LogP contribution in [0.2, 0.25) is 5.02 Å². The number of nitrogens with zero attached hydrogens (tertiary/aromatic N) is 5. The standard InChI is InChI=1S/C28H26ClN7O3/c1-38-24-17-19(9-14-23(24)39-25(37)20-10-12-21(29)13-11-20)18-30-35-27-32-26(31-22-7-3-2-4-8-22)33-28(34-27)36-15-5-6-16-36/h2-4,7-14,17-18H,5-6,15-16H2,1H3,(H2,31,32,33,34,35)/b30-18-. The average molecular weight is 544 g/mol. The summed E-state index contributed by atoms with van der Waals surface area (Å²) >= 11 is 5.89. The van der Waals surface area contributed by atoms with Crippen molar-refractivity contribution in [2.24, 2.45) is 5.10 Å². The molecule has 198 valence electrons. The summed E-state index contributed by atoms with van der Waals surface area (Å²) in [7, 11) is 1.50. The van der Waals surface area contributed by atoms with Crippen LogP contribution in [0, 0.1) is 0 Å². The van der Waals surface area contributed by atoms with Gasteiger partial charge in [-0.25, -0.2) is 10.2 Å². The van der Waals surface area contributed by atoms with Gasteiger partial charge in [-0.1, -0.05) is 29.8 Å². The van der Waals surface area contributed by atoms with Crippen molar-refractivity contribution >= 4 is 47.3 Å². The third-order valence-electron chi connectivity index (χ3n) is 5.89. The van der Waals surface area contributed by atoms with Crippen molar-refractivity contribution in [3.8, 4) is 11.5 Å². The fourth-order valence-corrected chi connectivity index (χ4v) is 4.06. The Kier molecular flexibility index (Phi) is 8.13. The monoisotopic (exact) mass is 543 g/mol. The zero-order valence-electron chi connectivity index (χ0n) is 21.2. The number of hydrogen-bond donors (Lipinski definition) is 2. The van der Waals surface area contributed by atoms with Crippen LogP contribution in [-0.2, 0) is 0 Å². The number of aromatic nitrogens is 3. The Morgan fingerprint density at radius 1 is 0.949 bits per heavy atom. The maximum atomic E-state index is 12.5. The minimum absolute atomic E-state index is 0.284. The molecule has 0 atom stereocenters. The smallest absolute Gasteiger partial charge is 0.343 e. The molecule has 0 aliphatic carbocycles. The van der Waals surface area contributed by atoms with Gasteiger partial charge in [0.15, 0.2) is 11.5 Å². The number of carbonyl (C=O) groups is 1. The molecule has 3 aromatic carbocycles. The molecule has 39 heavy (non-hydrogen) atoms. The maximum absolute atomic E-state index is 12.5. The van der Waals surface area contributed by atoms with Crippen LogP contribution in [0.5, 0.6) is 11.5 Å². The molecule has 4 aromatic rings. The molecule has 10 nitrogen and oxygen atoms in total. The van der Waals surface area contributed by atoms with Crippen molar-refractivity contribution in [2.45, 2.75) is 12.8 Å². The predicted molar refractivity (Wildman–Crippen MR) is 152 cm³/mol. The highest BCUT2D eigenvalue weighted by Crippen LogP contribution is 2.29. The number of anilines is 4. The number of halogens is 1. The Balaban J connectivity index is 1.30. The summed E-state index contributed by atoms with van der Waals surface area (Å²) in [5.41, 5.74) is 4.86. The summed E-state index contributed by atoms with van der Waals surface area (Å²) in [5, 5.41) is 8.06. The number of hydrazone groups is 1. The molecular formula is C28H26ClN7O3. The topological polar surface area (TPSA) is 114 Å². The fourth-order valence-electron chi connectivity index (χ4n) is 3.94. The van der Waals surface area contributed by atoms with Gasteiger partial charge in [-0.3, -0.25) is 0 Å². The highest BCUT2D eigenvalue weighted by molar-refractivity contribution is 6.30. The Bertz CT molecular complexity index is 1460. The Morgan fingerprint density at radius 3 is 2.44 bits per heavy atom. The van der Waals surface area contributed by atoms with E-state index < -0.39 is 5.97 Å². The Morgan fingerprint density at radius 2 is 1.69 bits per heavy atom. The summed E-state index contributed by atoms with van der Waals surface area (Å²) in [5.74, 6) is 1.47. The van der Waals surface area contributed by atoms with Crippen LogP contribution in [0.3, 0.4) is 0 Å². The predicted octanol–water partition coefficient (Wildman–Crippen LogP) is 5.54. The summed E-state index contributed by atoms with van der Waals surface area (Å²) in [6.45, 7) is 1.79. The van der Waals surface area contributed by atoms with Crippen LogP contribution in [-0.4, -0.2) is 47.3 Å². The van der Waals surface area contributed by atoms with Crippen molar-refractivity contribution in [3.63, 3.8) is 0 Å². The molecule has 0 bridgehead atoms. The number of methoxy groups -OCH3 is 1. The van der Waals surface area contributed by atoms with E-state index in [0.29, 0.717) is 39.7 Å². The summed E-state index contributed by atoms with van der Waals surface area (Å²) in [4.78, 5) is 28.2. The second-order valence-corrected chi connectivity index (χ2v) is 9.08. The van der Waals surface area contributed by atoms with Crippen molar-refractivity contribution in [3.05, 3.63) is 88.9 Å². The molecule has 0 spiro atoms. The van der Waals surface area contributed by atoms with Crippen LogP contribution in [0.25, 0.3) is 0 Å². The molecule has 5 rings (SSSR count). The fraction of sp³-hybridized carbons (Fsp3) is 0.179. The molecule has 2 N–H and O–H groups in total. The SMILES string of the molecule is COc1cc(/C=N\Nc2nc(Nc3ccccc3)nc(N3CCCC3)n2)ccc1OC(=O)c1ccc(Cl)cc1. The first-order valence-electron chi connectivity index (χ1n) is 12.4. The molecule has 1 fully saturated rings. The third-order valence-corrected chi connectivity index (χ3v) is 6.14. The molecule has 1 aliphatic heterocycles.